The summed E-state index contributed by atoms with van der Waals surface area (Å²) in [6.07, 6.45) is 4.02. The van der Waals surface area contributed by atoms with Gasteiger partial charge in [0, 0.05) is 18.3 Å². The van der Waals surface area contributed by atoms with Crippen LogP contribution in [0.25, 0.3) is 5.65 Å². The van der Waals surface area contributed by atoms with E-state index in [9.17, 15) is 13.2 Å². The first-order valence-corrected chi connectivity index (χ1v) is 8.63. The molecule has 1 saturated carbocycles. The maximum atomic E-state index is 10.6. The molecule has 2 N–H and O–H groups in total. The molecule has 0 amide bonds. The van der Waals surface area contributed by atoms with Gasteiger partial charge in [-0.3, -0.25) is 0 Å². The lowest BCUT2D eigenvalue weighted by molar-refractivity contribution is -0.192. The van der Waals surface area contributed by atoms with Crippen LogP contribution in [0.5, 0.6) is 0 Å². The highest BCUT2D eigenvalue weighted by molar-refractivity contribution is 9.10. The topological polar surface area (TPSA) is 79.5 Å². The van der Waals surface area contributed by atoms with E-state index < -0.39 is 12.1 Å². The van der Waals surface area contributed by atoms with Gasteiger partial charge in [-0.2, -0.15) is 13.2 Å². The lowest BCUT2D eigenvalue weighted by Crippen LogP contribution is -2.21. The summed E-state index contributed by atoms with van der Waals surface area (Å²) in [5.74, 6) is -2.13. The SMILES string of the molecule is Brc1cn2cc([C@H]3CCCN3)nc2c(C2CC2)n1.O=C(O)C(F)(F)F. The molecule has 0 radical (unpaired) electrons. The molecule has 3 heterocycles. The molecule has 2 aliphatic rings. The van der Waals surface area contributed by atoms with Crippen LogP contribution >= 0.6 is 15.9 Å². The normalized spacial score (nSPS) is 20.4. The first-order valence-electron chi connectivity index (χ1n) is 7.84. The van der Waals surface area contributed by atoms with E-state index in [0.29, 0.717) is 12.0 Å². The fourth-order valence-corrected chi connectivity index (χ4v) is 3.16. The maximum absolute atomic E-state index is 10.6. The number of fused-ring (bicyclic) bond motifs is 1. The van der Waals surface area contributed by atoms with E-state index in [4.69, 9.17) is 14.9 Å². The Morgan fingerprint density at radius 2 is 1.96 bits per heavy atom. The number of alkyl halides is 3. The Balaban J connectivity index is 0.000000225. The fourth-order valence-electron chi connectivity index (χ4n) is 2.74. The summed E-state index contributed by atoms with van der Waals surface area (Å²) in [5, 5.41) is 10.6. The van der Waals surface area contributed by atoms with E-state index in [2.05, 4.69) is 36.8 Å². The fraction of sp³-hybridized carbons (Fsp3) is 0.533. The molecule has 25 heavy (non-hydrogen) atoms. The van der Waals surface area contributed by atoms with Crippen LogP contribution in [0.15, 0.2) is 17.0 Å². The molecule has 0 spiro atoms. The summed E-state index contributed by atoms with van der Waals surface area (Å²) >= 11 is 3.50. The zero-order valence-electron chi connectivity index (χ0n) is 13.1. The number of hydrogen-bond acceptors (Lipinski definition) is 4. The van der Waals surface area contributed by atoms with E-state index in [1.807, 2.05) is 6.20 Å². The quantitative estimate of drug-likeness (QED) is 0.777. The second kappa shape index (κ2) is 6.91. The molecular weight excluding hydrogens is 405 g/mol. The van der Waals surface area contributed by atoms with Crippen molar-refractivity contribution in [2.24, 2.45) is 0 Å². The van der Waals surface area contributed by atoms with E-state index in [0.717, 1.165) is 28.2 Å². The molecule has 0 bridgehead atoms. The van der Waals surface area contributed by atoms with Crippen molar-refractivity contribution in [3.63, 3.8) is 0 Å². The van der Waals surface area contributed by atoms with E-state index in [1.54, 1.807) is 0 Å². The number of carboxylic acids is 1. The average Bonchev–Trinajstić information content (AvgIpc) is 3.05. The highest BCUT2D eigenvalue weighted by Crippen LogP contribution is 2.41. The van der Waals surface area contributed by atoms with Crippen LogP contribution < -0.4 is 5.32 Å². The number of rotatable bonds is 2. The van der Waals surface area contributed by atoms with Crippen molar-refractivity contribution in [1.29, 1.82) is 0 Å². The van der Waals surface area contributed by atoms with Crippen molar-refractivity contribution in [3.05, 3.63) is 28.4 Å². The summed E-state index contributed by atoms with van der Waals surface area (Å²) in [6.45, 7) is 1.11. The van der Waals surface area contributed by atoms with Gasteiger partial charge in [-0.25, -0.2) is 14.8 Å². The Morgan fingerprint density at radius 3 is 2.48 bits per heavy atom. The van der Waals surface area contributed by atoms with E-state index >= 15 is 0 Å². The molecule has 0 aromatic carbocycles. The predicted molar refractivity (Wildman–Crippen MR) is 86.3 cm³/mol. The van der Waals surface area contributed by atoms with E-state index in [1.165, 1.54) is 25.7 Å². The minimum Gasteiger partial charge on any atom is -0.475 e. The Labute approximate surface area is 149 Å². The number of aromatic nitrogens is 3. The smallest absolute Gasteiger partial charge is 0.475 e. The summed E-state index contributed by atoms with van der Waals surface area (Å²) < 4.78 is 34.8. The molecule has 10 heteroatoms. The van der Waals surface area contributed by atoms with Gasteiger partial charge in [-0.1, -0.05) is 0 Å². The molecule has 4 rings (SSSR count). The number of carbonyl (C=O) groups is 1. The van der Waals surface area contributed by atoms with Crippen LogP contribution in [0.1, 0.15) is 49.0 Å². The van der Waals surface area contributed by atoms with Crippen LogP contribution in [0.4, 0.5) is 13.2 Å². The van der Waals surface area contributed by atoms with Crippen LogP contribution in [0, 0.1) is 0 Å². The maximum Gasteiger partial charge on any atom is 0.490 e. The van der Waals surface area contributed by atoms with Crippen molar-refractivity contribution >= 4 is 27.5 Å². The highest BCUT2D eigenvalue weighted by Gasteiger charge is 2.38. The van der Waals surface area contributed by atoms with Gasteiger partial charge in [-0.15, -0.1) is 0 Å². The molecule has 2 fully saturated rings. The Bertz CT molecular complexity index is 783. The van der Waals surface area contributed by atoms with Crippen LogP contribution in [0.2, 0.25) is 0 Å². The van der Waals surface area contributed by atoms with Crippen LogP contribution in [0.3, 0.4) is 0 Å². The number of carboxylic acid groups (broad SMARTS) is 1. The summed E-state index contributed by atoms with van der Waals surface area (Å²) in [4.78, 5) is 18.3. The number of nitrogens with one attached hydrogen (secondary N) is 1. The van der Waals surface area contributed by atoms with Crippen molar-refractivity contribution in [1.82, 2.24) is 19.7 Å². The molecule has 2 aromatic rings. The third-order valence-electron chi connectivity index (χ3n) is 4.08. The first-order chi connectivity index (χ1) is 11.8. The molecule has 1 saturated heterocycles. The van der Waals surface area contributed by atoms with Crippen LogP contribution in [-0.2, 0) is 4.79 Å². The second-order valence-corrected chi connectivity index (χ2v) is 6.88. The van der Waals surface area contributed by atoms with Gasteiger partial charge < -0.3 is 14.8 Å². The highest BCUT2D eigenvalue weighted by atomic mass is 79.9. The standard InChI is InChI=1S/C13H15BrN4.C2HF3O2/c14-11-7-18-6-10(9-2-1-5-15-9)16-13(18)12(17-11)8-3-4-8;3-2(4,5)1(6)7/h6-9,15H,1-5H2;(H,6,7)/t9-;/m1./s1. The molecular formula is C15H16BrF3N4O2. The van der Waals surface area contributed by atoms with E-state index in [-0.39, 0.29) is 0 Å². The van der Waals surface area contributed by atoms with Crippen molar-refractivity contribution in [2.75, 3.05) is 6.54 Å². The Morgan fingerprint density at radius 1 is 1.28 bits per heavy atom. The molecule has 2 aromatic heterocycles. The van der Waals surface area contributed by atoms with Crippen LogP contribution in [-0.4, -0.2) is 38.2 Å². The lowest BCUT2D eigenvalue weighted by atomic mass is 10.2. The number of hydrogen-bond donors (Lipinski definition) is 2. The second-order valence-electron chi connectivity index (χ2n) is 6.07. The summed E-state index contributed by atoms with van der Waals surface area (Å²) in [5.41, 5.74) is 3.37. The predicted octanol–water partition coefficient (Wildman–Crippen LogP) is 3.43. The van der Waals surface area contributed by atoms with Gasteiger partial charge in [-0.05, 0) is 48.2 Å². The third-order valence-corrected chi connectivity index (χ3v) is 4.46. The number of halogens is 4. The zero-order chi connectivity index (χ0) is 18.2. The number of aliphatic carboxylic acids is 1. The van der Waals surface area contributed by atoms with Gasteiger partial charge in [0.05, 0.1) is 17.4 Å². The molecule has 136 valence electrons. The van der Waals surface area contributed by atoms with Crippen molar-refractivity contribution < 1.29 is 23.1 Å². The molecule has 6 nitrogen and oxygen atoms in total. The Hall–Kier alpha value is -1.68. The zero-order valence-corrected chi connectivity index (χ0v) is 14.6. The Kier molecular flexibility index (Phi) is 5.01. The lowest BCUT2D eigenvalue weighted by Gasteiger charge is -2.04. The molecule has 0 unspecified atom stereocenters. The minimum atomic E-state index is -5.08. The number of nitrogens with zero attached hydrogens (tertiary/aromatic N) is 3. The molecule has 1 aliphatic heterocycles. The molecule has 1 aliphatic carbocycles. The number of imidazole rings is 1. The van der Waals surface area contributed by atoms with Gasteiger partial charge in [0.1, 0.15) is 4.60 Å². The van der Waals surface area contributed by atoms with Gasteiger partial charge >= 0.3 is 12.1 Å². The average molecular weight is 421 g/mol. The summed E-state index contributed by atoms with van der Waals surface area (Å²) in [6, 6.07) is 0.427. The molecule has 1 atom stereocenters. The van der Waals surface area contributed by atoms with Gasteiger partial charge in [0.2, 0.25) is 0 Å². The summed E-state index contributed by atoms with van der Waals surface area (Å²) in [7, 11) is 0. The van der Waals surface area contributed by atoms with Crippen molar-refractivity contribution in [3.8, 4) is 0 Å². The van der Waals surface area contributed by atoms with Gasteiger partial charge in [0.25, 0.3) is 0 Å². The third kappa shape index (κ3) is 4.30. The monoisotopic (exact) mass is 420 g/mol. The largest absolute Gasteiger partial charge is 0.490 e. The van der Waals surface area contributed by atoms with Crippen molar-refractivity contribution in [2.45, 2.75) is 43.8 Å². The van der Waals surface area contributed by atoms with Gasteiger partial charge in [0.15, 0.2) is 5.65 Å². The first kappa shape index (κ1) is 18.1. The minimum absolute atomic E-state index is 0.427.